The summed E-state index contributed by atoms with van der Waals surface area (Å²) in [5.74, 6) is 0.963. The zero-order valence-electron chi connectivity index (χ0n) is 11.4. The van der Waals surface area contributed by atoms with Crippen LogP contribution in [0.3, 0.4) is 0 Å². The van der Waals surface area contributed by atoms with Crippen LogP contribution in [0.5, 0.6) is 0 Å². The van der Waals surface area contributed by atoms with Crippen molar-refractivity contribution in [3.63, 3.8) is 0 Å². The highest BCUT2D eigenvalue weighted by Gasteiger charge is 2.37. The van der Waals surface area contributed by atoms with E-state index in [1.54, 1.807) is 0 Å². The maximum absolute atomic E-state index is 12.8. The van der Waals surface area contributed by atoms with Crippen LogP contribution >= 0.6 is 15.9 Å². The van der Waals surface area contributed by atoms with E-state index in [1.807, 2.05) is 25.1 Å². The normalized spacial score (nSPS) is 26.3. The molecular formula is C16H20BrNO. The van der Waals surface area contributed by atoms with Crippen molar-refractivity contribution in [2.45, 2.75) is 45.1 Å². The Hall–Kier alpha value is -0.830. The van der Waals surface area contributed by atoms with E-state index >= 15 is 0 Å². The first kappa shape index (κ1) is 13.2. The first-order valence-electron chi connectivity index (χ1n) is 7.24. The van der Waals surface area contributed by atoms with Crippen molar-refractivity contribution in [2.75, 3.05) is 6.54 Å². The fourth-order valence-electron chi connectivity index (χ4n) is 3.65. The monoisotopic (exact) mass is 321 g/mol. The molecule has 0 bridgehead atoms. The molecule has 19 heavy (non-hydrogen) atoms. The standard InChI is InChI=1S/C16H20BrNO/c1-11-7-8-13(14(17)10-11)16(19)18-9-3-5-12-4-2-6-15(12)18/h7-8,10,12,15H,2-6,9H2,1H3. The van der Waals surface area contributed by atoms with Crippen molar-refractivity contribution in [3.8, 4) is 0 Å². The zero-order valence-corrected chi connectivity index (χ0v) is 12.9. The van der Waals surface area contributed by atoms with Gasteiger partial charge in [0.2, 0.25) is 0 Å². The molecular weight excluding hydrogens is 302 g/mol. The topological polar surface area (TPSA) is 20.3 Å². The molecule has 1 saturated carbocycles. The van der Waals surface area contributed by atoms with Crippen LogP contribution in [0, 0.1) is 12.8 Å². The molecule has 0 spiro atoms. The number of nitrogens with zero attached hydrogens (tertiary/aromatic N) is 1. The lowest BCUT2D eigenvalue weighted by molar-refractivity contribution is 0.0547. The molecule has 1 amide bonds. The Bertz CT molecular complexity index is 500. The van der Waals surface area contributed by atoms with Gasteiger partial charge in [-0.1, -0.05) is 12.5 Å². The minimum atomic E-state index is 0.212. The summed E-state index contributed by atoms with van der Waals surface area (Å²) in [7, 11) is 0. The van der Waals surface area contributed by atoms with E-state index in [2.05, 4.69) is 20.8 Å². The van der Waals surface area contributed by atoms with Gasteiger partial charge in [0.05, 0.1) is 5.56 Å². The summed E-state index contributed by atoms with van der Waals surface area (Å²) < 4.78 is 0.928. The van der Waals surface area contributed by atoms with Crippen LogP contribution in [0.2, 0.25) is 0 Å². The predicted octanol–water partition coefficient (Wildman–Crippen LogP) is 4.16. The van der Waals surface area contributed by atoms with Gasteiger partial charge in [0.25, 0.3) is 5.91 Å². The average Bonchev–Trinajstić information content (AvgIpc) is 2.86. The molecule has 0 radical (unpaired) electrons. The van der Waals surface area contributed by atoms with Crippen molar-refractivity contribution in [2.24, 2.45) is 5.92 Å². The van der Waals surface area contributed by atoms with Gasteiger partial charge < -0.3 is 4.90 Å². The molecule has 3 rings (SSSR count). The van der Waals surface area contributed by atoms with Gasteiger partial charge >= 0.3 is 0 Å². The number of hydrogen-bond donors (Lipinski definition) is 0. The van der Waals surface area contributed by atoms with Gasteiger partial charge in [-0.3, -0.25) is 4.79 Å². The molecule has 2 nitrogen and oxygen atoms in total. The van der Waals surface area contributed by atoms with E-state index in [0.717, 1.165) is 28.9 Å². The zero-order chi connectivity index (χ0) is 13.4. The van der Waals surface area contributed by atoms with Crippen LogP contribution in [0.1, 0.15) is 48.0 Å². The molecule has 1 aliphatic heterocycles. The number of rotatable bonds is 1. The number of carbonyl (C=O) groups is 1. The van der Waals surface area contributed by atoms with Gasteiger partial charge in [-0.15, -0.1) is 0 Å². The van der Waals surface area contributed by atoms with Crippen LogP contribution in [-0.2, 0) is 0 Å². The number of aryl methyl sites for hydroxylation is 1. The molecule has 1 heterocycles. The molecule has 3 heteroatoms. The summed E-state index contributed by atoms with van der Waals surface area (Å²) in [5, 5.41) is 0. The average molecular weight is 322 g/mol. The van der Waals surface area contributed by atoms with E-state index in [9.17, 15) is 4.79 Å². The van der Waals surface area contributed by atoms with E-state index in [0.29, 0.717) is 6.04 Å². The largest absolute Gasteiger partial charge is 0.335 e. The van der Waals surface area contributed by atoms with Crippen LogP contribution in [0.4, 0.5) is 0 Å². The molecule has 102 valence electrons. The summed E-state index contributed by atoms with van der Waals surface area (Å²) in [5.41, 5.74) is 2.00. The molecule has 2 aliphatic rings. The Labute approximate surface area is 123 Å². The van der Waals surface area contributed by atoms with Gasteiger partial charge in [-0.05, 0) is 72.2 Å². The summed E-state index contributed by atoms with van der Waals surface area (Å²) in [4.78, 5) is 14.9. The quantitative estimate of drug-likeness (QED) is 0.760. The number of piperidine rings is 1. The van der Waals surface area contributed by atoms with Gasteiger partial charge in [0.1, 0.15) is 0 Å². The Morgan fingerprint density at radius 3 is 2.84 bits per heavy atom. The molecule has 1 aromatic rings. The third-order valence-corrected chi connectivity index (χ3v) is 5.27. The second-order valence-corrected chi connectivity index (χ2v) is 6.74. The van der Waals surface area contributed by atoms with Crippen molar-refractivity contribution in [1.82, 2.24) is 4.90 Å². The molecule has 0 N–H and O–H groups in total. The van der Waals surface area contributed by atoms with Gasteiger partial charge in [0.15, 0.2) is 0 Å². The predicted molar refractivity (Wildman–Crippen MR) is 80.3 cm³/mol. The summed E-state index contributed by atoms with van der Waals surface area (Å²) in [6.07, 6.45) is 6.26. The Kier molecular flexibility index (Phi) is 3.66. The smallest absolute Gasteiger partial charge is 0.255 e. The minimum Gasteiger partial charge on any atom is -0.335 e. The minimum absolute atomic E-state index is 0.212. The van der Waals surface area contributed by atoms with Crippen LogP contribution in [0.25, 0.3) is 0 Å². The number of fused-ring (bicyclic) bond motifs is 1. The van der Waals surface area contributed by atoms with Crippen molar-refractivity contribution >= 4 is 21.8 Å². The van der Waals surface area contributed by atoms with E-state index in [-0.39, 0.29) is 5.91 Å². The number of hydrogen-bond acceptors (Lipinski definition) is 1. The number of likely N-dealkylation sites (tertiary alicyclic amines) is 1. The van der Waals surface area contributed by atoms with Gasteiger partial charge in [0, 0.05) is 17.1 Å². The highest BCUT2D eigenvalue weighted by atomic mass is 79.9. The molecule has 2 atom stereocenters. The number of amides is 1. The first-order valence-corrected chi connectivity index (χ1v) is 8.03. The Balaban J connectivity index is 1.86. The maximum atomic E-state index is 12.8. The fourth-order valence-corrected chi connectivity index (χ4v) is 4.32. The molecule has 1 aromatic carbocycles. The fraction of sp³-hybridized carbons (Fsp3) is 0.562. The summed E-state index contributed by atoms with van der Waals surface area (Å²) in [6.45, 7) is 2.98. The Morgan fingerprint density at radius 1 is 1.26 bits per heavy atom. The maximum Gasteiger partial charge on any atom is 0.255 e. The second-order valence-electron chi connectivity index (χ2n) is 5.88. The summed E-state index contributed by atoms with van der Waals surface area (Å²) >= 11 is 3.54. The first-order chi connectivity index (χ1) is 9.16. The third kappa shape index (κ3) is 2.45. The SMILES string of the molecule is Cc1ccc(C(=O)N2CCCC3CCCC32)c(Br)c1. The van der Waals surface area contributed by atoms with Crippen molar-refractivity contribution in [3.05, 3.63) is 33.8 Å². The third-order valence-electron chi connectivity index (χ3n) is 4.61. The summed E-state index contributed by atoms with van der Waals surface area (Å²) in [6, 6.07) is 6.51. The van der Waals surface area contributed by atoms with Crippen LogP contribution < -0.4 is 0 Å². The van der Waals surface area contributed by atoms with Crippen molar-refractivity contribution in [1.29, 1.82) is 0 Å². The molecule has 1 aliphatic carbocycles. The number of halogens is 1. The van der Waals surface area contributed by atoms with E-state index in [4.69, 9.17) is 0 Å². The van der Waals surface area contributed by atoms with Gasteiger partial charge in [-0.2, -0.15) is 0 Å². The molecule has 0 aromatic heterocycles. The lowest BCUT2D eigenvalue weighted by Gasteiger charge is -2.38. The molecule has 2 fully saturated rings. The highest BCUT2D eigenvalue weighted by molar-refractivity contribution is 9.10. The molecule has 1 saturated heterocycles. The number of benzene rings is 1. The van der Waals surface area contributed by atoms with E-state index < -0.39 is 0 Å². The van der Waals surface area contributed by atoms with Gasteiger partial charge in [-0.25, -0.2) is 0 Å². The highest BCUT2D eigenvalue weighted by Crippen LogP contribution is 2.37. The second kappa shape index (κ2) is 5.28. The lowest BCUT2D eigenvalue weighted by atomic mass is 9.91. The number of carbonyl (C=O) groups excluding carboxylic acids is 1. The lowest BCUT2D eigenvalue weighted by Crippen LogP contribution is -2.46. The molecule has 2 unspecified atom stereocenters. The van der Waals surface area contributed by atoms with E-state index in [1.165, 1.54) is 31.2 Å². The van der Waals surface area contributed by atoms with Crippen molar-refractivity contribution < 1.29 is 4.79 Å². The van der Waals surface area contributed by atoms with Crippen LogP contribution in [-0.4, -0.2) is 23.4 Å². The van der Waals surface area contributed by atoms with Crippen LogP contribution in [0.15, 0.2) is 22.7 Å². The Morgan fingerprint density at radius 2 is 2.05 bits per heavy atom.